The molecule has 0 atom stereocenters. The molecule has 72 valence electrons. The van der Waals surface area contributed by atoms with Gasteiger partial charge in [-0.3, -0.25) is 0 Å². The normalized spacial score (nSPS) is 9.79. The van der Waals surface area contributed by atoms with Gasteiger partial charge in [0.25, 0.3) is 0 Å². The molecule has 6 heteroatoms. The van der Waals surface area contributed by atoms with E-state index in [1.807, 2.05) is 35.0 Å². The number of rotatable bonds is 4. The lowest BCUT2D eigenvalue weighted by atomic mass is 10.3. The fourth-order valence-electron chi connectivity index (χ4n) is 0.868. The summed E-state index contributed by atoms with van der Waals surface area (Å²) in [5.41, 5.74) is 0. The van der Waals surface area contributed by atoms with Crippen LogP contribution in [0.2, 0.25) is 0 Å². The highest BCUT2D eigenvalue weighted by Gasteiger charge is 2.20. The maximum absolute atomic E-state index is 5.83. The van der Waals surface area contributed by atoms with Gasteiger partial charge >= 0.3 is 6.53 Å². The minimum absolute atomic E-state index is 0.751. The first-order chi connectivity index (χ1) is 6.84. The van der Waals surface area contributed by atoms with Crippen LogP contribution < -0.4 is 9.31 Å². The van der Waals surface area contributed by atoms with Crippen LogP contribution in [0.5, 0.6) is 10.1 Å². The topological polar surface area (TPSA) is 18.5 Å². The van der Waals surface area contributed by atoms with Gasteiger partial charge < -0.3 is 9.31 Å². The molecule has 0 N–H and O–H groups in total. The summed E-state index contributed by atoms with van der Waals surface area (Å²) in [7, 11) is 0. The summed E-state index contributed by atoms with van der Waals surface area (Å²) in [6.45, 7) is -0.771. The zero-order chi connectivity index (χ0) is 9.80. The molecule has 0 radical (unpaired) electrons. The van der Waals surface area contributed by atoms with Crippen molar-refractivity contribution in [2.75, 3.05) is 0 Å². The van der Waals surface area contributed by atoms with Crippen LogP contribution >= 0.6 is 34.1 Å². The summed E-state index contributed by atoms with van der Waals surface area (Å²) in [5, 5.41) is 5.34. The molecule has 0 aromatic carbocycles. The van der Waals surface area contributed by atoms with Gasteiger partial charge in [0.1, 0.15) is 0 Å². The van der Waals surface area contributed by atoms with Crippen LogP contribution in [0.15, 0.2) is 35.0 Å². The third-order valence-electron chi connectivity index (χ3n) is 1.41. The summed E-state index contributed by atoms with van der Waals surface area (Å²) in [6.07, 6.45) is 0. The van der Waals surface area contributed by atoms with E-state index in [1.165, 1.54) is 22.7 Å². The molecule has 0 bridgehead atoms. The van der Waals surface area contributed by atoms with Crippen molar-refractivity contribution in [2.45, 2.75) is 0 Å². The second kappa shape index (κ2) is 4.73. The molecule has 0 aliphatic heterocycles. The van der Waals surface area contributed by atoms with Gasteiger partial charge in [0.2, 0.25) is 0 Å². The van der Waals surface area contributed by atoms with Crippen LogP contribution in [0, 0.1) is 0 Å². The standard InChI is InChI=1S/C8H6BClO2S2/c10-9(11-7-3-1-5-13-7)12-8-4-2-6-14-8/h1-6H. The third-order valence-corrected chi connectivity index (χ3v) is 3.10. The van der Waals surface area contributed by atoms with Gasteiger partial charge in [0.05, 0.1) is 0 Å². The summed E-state index contributed by atoms with van der Waals surface area (Å²) in [6, 6.07) is 7.49. The van der Waals surface area contributed by atoms with Crippen molar-refractivity contribution in [1.29, 1.82) is 0 Å². The van der Waals surface area contributed by atoms with Crippen molar-refractivity contribution in [2.24, 2.45) is 0 Å². The monoisotopic (exact) mass is 244 g/mol. The van der Waals surface area contributed by atoms with E-state index in [9.17, 15) is 0 Å². The molecule has 0 aliphatic rings. The lowest BCUT2D eigenvalue weighted by Crippen LogP contribution is -2.21. The molecule has 2 heterocycles. The van der Waals surface area contributed by atoms with Crippen LogP contribution in [-0.2, 0) is 0 Å². The number of hydrogen-bond donors (Lipinski definition) is 0. The Labute approximate surface area is 95.1 Å². The van der Waals surface area contributed by atoms with Crippen molar-refractivity contribution in [1.82, 2.24) is 0 Å². The molecule has 14 heavy (non-hydrogen) atoms. The quantitative estimate of drug-likeness (QED) is 0.767. The van der Waals surface area contributed by atoms with E-state index in [0.29, 0.717) is 0 Å². The third kappa shape index (κ3) is 2.67. The smallest absolute Gasteiger partial charge is 0.505 e. The first-order valence-electron chi connectivity index (χ1n) is 3.89. The van der Waals surface area contributed by atoms with Gasteiger partial charge in [-0.1, -0.05) is 11.5 Å². The lowest BCUT2D eigenvalue weighted by molar-refractivity contribution is 0.462. The van der Waals surface area contributed by atoms with E-state index in [0.717, 1.165) is 10.1 Å². The maximum Gasteiger partial charge on any atom is 0.714 e. The lowest BCUT2D eigenvalue weighted by Gasteiger charge is -2.06. The van der Waals surface area contributed by atoms with Crippen molar-refractivity contribution in [3.8, 4) is 10.1 Å². The minimum atomic E-state index is -0.771. The summed E-state index contributed by atoms with van der Waals surface area (Å²) in [5.74, 6) is 0. The van der Waals surface area contributed by atoms with Crippen LogP contribution in [0.25, 0.3) is 0 Å². The zero-order valence-corrected chi connectivity index (χ0v) is 9.44. The first kappa shape index (κ1) is 9.89. The Bertz CT molecular complexity index is 326. The number of thiophene rings is 2. The second-order valence-electron chi connectivity index (χ2n) is 2.37. The van der Waals surface area contributed by atoms with Crippen LogP contribution in [0.3, 0.4) is 0 Å². The second-order valence-corrected chi connectivity index (χ2v) is 4.55. The van der Waals surface area contributed by atoms with Gasteiger partial charge in [-0.25, -0.2) is 0 Å². The molecule has 0 saturated carbocycles. The molecule has 0 fully saturated rings. The molecule has 0 aliphatic carbocycles. The summed E-state index contributed by atoms with van der Waals surface area (Å²) in [4.78, 5) is 0. The van der Waals surface area contributed by atoms with E-state index in [4.69, 9.17) is 20.8 Å². The Kier molecular flexibility index (Phi) is 3.34. The molecule has 2 aromatic heterocycles. The predicted molar refractivity (Wildman–Crippen MR) is 61.5 cm³/mol. The van der Waals surface area contributed by atoms with E-state index in [2.05, 4.69) is 0 Å². The largest absolute Gasteiger partial charge is 0.714 e. The molecule has 0 saturated heterocycles. The SMILES string of the molecule is ClB(Oc1cccs1)Oc1cccs1. The van der Waals surface area contributed by atoms with Crippen molar-refractivity contribution >= 4 is 40.7 Å². The van der Waals surface area contributed by atoms with Crippen molar-refractivity contribution in [3.63, 3.8) is 0 Å². The number of hydrogen-bond acceptors (Lipinski definition) is 4. The van der Waals surface area contributed by atoms with E-state index < -0.39 is 6.53 Å². The fourth-order valence-corrected chi connectivity index (χ4v) is 2.35. The van der Waals surface area contributed by atoms with Gasteiger partial charge in [-0.2, -0.15) is 0 Å². The Morgan fingerprint density at radius 3 is 1.86 bits per heavy atom. The van der Waals surface area contributed by atoms with Crippen molar-refractivity contribution < 1.29 is 9.31 Å². The average Bonchev–Trinajstić information content (AvgIpc) is 2.76. The van der Waals surface area contributed by atoms with Crippen LogP contribution in [0.4, 0.5) is 0 Å². The molecule has 2 nitrogen and oxygen atoms in total. The molecule has 0 spiro atoms. The fraction of sp³-hybridized carbons (Fsp3) is 0. The Morgan fingerprint density at radius 2 is 1.50 bits per heavy atom. The Morgan fingerprint density at radius 1 is 1.00 bits per heavy atom. The highest BCUT2D eigenvalue weighted by molar-refractivity contribution is 7.13. The molecule has 2 aromatic rings. The van der Waals surface area contributed by atoms with E-state index >= 15 is 0 Å². The van der Waals surface area contributed by atoms with Crippen molar-refractivity contribution in [3.05, 3.63) is 35.0 Å². The molecule has 0 amide bonds. The Hall–Kier alpha value is -0.645. The summed E-state index contributed by atoms with van der Waals surface area (Å²) >= 11 is 8.79. The molecule has 2 rings (SSSR count). The maximum atomic E-state index is 5.83. The van der Waals surface area contributed by atoms with Gasteiger partial charge in [-0.05, 0) is 35.0 Å². The average molecular weight is 245 g/mol. The molecule has 0 unspecified atom stereocenters. The first-order valence-corrected chi connectivity index (χ1v) is 6.08. The van der Waals surface area contributed by atoms with Gasteiger partial charge in [0.15, 0.2) is 10.1 Å². The predicted octanol–water partition coefficient (Wildman–Crippen LogP) is 3.49. The van der Waals surface area contributed by atoms with Gasteiger partial charge in [-0.15, -0.1) is 22.7 Å². The summed E-state index contributed by atoms with van der Waals surface area (Å²) < 4.78 is 10.6. The molecular weight excluding hydrogens is 238 g/mol. The number of halogens is 1. The van der Waals surface area contributed by atoms with Crippen LogP contribution in [0.1, 0.15) is 0 Å². The van der Waals surface area contributed by atoms with Crippen LogP contribution in [-0.4, -0.2) is 6.53 Å². The molecular formula is C8H6BClO2S2. The van der Waals surface area contributed by atoms with E-state index in [-0.39, 0.29) is 0 Å². The highest BCUT2D eigenvalue weighted by Crippen LogP contribution is 2.23. The highest BCUT2D eigenvalue weighted by atomic mass is 35.5. The minimum Gasteiger partial charge on any atom is -0.505 e. The Balaban J connectivity index is 1.88. The van der Waals surface area contributed by atoms with Gasteiger partial charge in [0, 0.05) is 0 Å². The van der Waals surface area contributed by atoms with E-state index in [1.54, 1.807) is 0 Å². The zero-order valence-electron chi connectivity index (χ0n) is 7.05.